The number of aromatic nitrogens is 1. The van der Waals surface area contributed by atoms with Gasteiger partial charge in [0.25, 0.3) is 5.91 Å². The van der Waals surface area contributed by atoms with Crippen LogP contribution in [0, 0.1) is 19.7 Å². The number of nitrogens with zero attached hydrogens (tertiary/aromatic N) is 1. The van der Waals surface area contributed by atoms with E-state index in [0.717, 1.165) is 6.07 Å². The first-order valence-electron chi connectivity index (χ1n) is 5.77. The van der Waals surface area contributed by atoms with Gasteiger partial charge < -0.3 is 9.73 Å². The van der Waals surface area contributed by atoms with Crippen molar-refractivity contribution in [3.05, 3.63) is 41.4 Å². The van der Waals surface area contributed by atoms with Gasteiger partial charge in [-0.3, -0.25) is 9.00 Å². The summed E-state index contributed by atoms with van der Waals surface area (Å²) in [5.74, 6) is -0.663. The lowest BCUT2D eigenvalue weighted by molar-refractivity contribution is 0.0994. The maximum Gasteiger partial charge on any atom is 0.293 e. The number of aryl methyl sites for hydroxylation is 2. The van der Waals surface area contributed by atoms with Crippen molar-refractivity contribution in [1.82, 2.24) is 4.98 Å². The van der Waals surface area contributed by atoms with Crippen LogP contribution >= 0.6 is 0 Å². The molecule has 1 aromatic heterocycles. The average Bonchev–Trinajstić information content (AvgIpc) is 2.68. The summed E-state index contributed by atoms with van der Waals surface area (Å²) < 4.78 is 30.1. The van der Waals surface area contributed by atoms with Crippen molar-refractivity contribution < 1.29 is 17.8 Å². The first-order chi connectivity index (χ1) is 9.38. The molecule has 0 fully saturated rings. The molecule has 2 rings (SSSR count). The molecule has 1 unspecified atom stereocenters. The minimum absolute atomic E-state index is 0.0889. The topological polar surface area (TPSA) is 72.2 Å². The van der Waals surface area contributed by atoms with E-state index in [0.29, 0.717) is 11.6 Å². The van der Waals surface area contributed by atoms with Gasteiger partial charge in [-0.1, -0.05) is 0 Å². The molecule has 0 aliphatic heterocycles. The Morgan fingerprint density at radius 1 is 1.40 bits per heavy atom. The SMILES string of the molecule is Cc1nc(C)c(C(=O)Nc2ccc(S(C)=O)c(F)c2)o1. The van der Waals surface area contributed by atoms with Gasteiger partial charge >= 0.3 is 0 Å². The van der Waals surface area contributed by atoms with E-state index in [1.807, 2.05) is 0 Å². The molecule has 0 radical (unpaired) electrons. The van der Waals surface area contributed by atoms with Gasteiger partial charge in [-0.25, -0.2) is 9.37 Å². The first-order valence-corrected chi connectivity index (χ1v) is 7.32. The van der Waals surface area contributed by atoms with Gasteiger partial charge in [0.1, 0.15) is 5.82 Å². The van der Waals surface area contributed by atoms with Crippen LogP contribution in [0.3, 0.4) is 0 Å². The average molecular weight is 296 g/mol. The summed E-state index contributed by atoms with van der Waals surface area (Å²) in [6.45, 7) is 3.28. The summed E-state index contributed by atoms with van der Waals surface area (Å²) in [6.07, 6.45) is 1.39. The summed E-state index contributed by atoms with van der Waals surface area (Å²) in [5, 5.41) is 2.51. The summed E-state index contributed by atoms with van der Waals surface area (Å²) in [6, 6.07) is 3.98. The standard InChI is InChI=1S/C13H13FN2O3S/c1-7-12(19-8(2)15-7)13(17)16-9-4-5-11(20(3)18)10(14)6-9/h4-6H,1-3H3,(H,16,17). The van der Waals surface area contributed by atoms with Crippen molar-refractivity contribution in [2.45, 2.75) is 18.7 Å². The van der Waals surface area contributed by atoms with Crippen molar-refractivity contribution >= 4 is 22.4 Å². The van der Waals surface area contributed by atoms with E-state index in [9.17, 15) is 13.4 Å². The summed E-state index contributed by atoms with van der Waals surface area (Å²) in [7, 11) is -1.41. The molecule has 0 spiro atoms. The van der Waals surface area contributed by atoms with Crippen LogP contribution in [0.4, 0.5) is 10.1 Å². The Morgan fingerprint density at radius 3 is 2.60 bits per heavy atom. The van der Waals surface area contributed by atoms with Gasteiger partial charge in [0.15, 0.2) is 5.89 Å². The molecule has 0 aliphatic carbocycles. The van der Waals surface area contributed by atoms with Crippen LogP contribution < -0.4 is 5.32 Å². The molecular weight excluding hydrogens is 283 g/mol. The Hall–Kier alpha value is -2.02. The van der Waals surface area contributed by atoms with Gasteiger partial charge in [-0.15, -0.1) is 0 Å². The summed E-state index contributed by atoms with van der Waals surface area (Å²) in [4.78, 5) is 16.0. The third kappa shape index (κ3) is 2.93. The highest BCUT2D eigenvalue weighted by Gasteiger charge is 2.16. The molecular formula is C13H13FN2O3S. The molecule has 1 N–H and O–H groups in total. The number of benzene rings is 1. The Morgan fingerprint density at radius 2 is 2.10 bits per heavy atom. The van der Waals surface area contributed by atoms with E-state index in [4.69, 9.17) is 4.42 Å². The van der Waals surface area contributed by atoms with E-state index in [1.165, 1.54) is 18.4 Å². The fourth-order valence-electron chi connectivity index (χ4n) is 1.74. The second kappa shape index (κ2) is 5.54. The lowest BCUT2D eigenvalue weighted by atomic mass is 10.3. The minimum atomic E-state index is -1.41. The van der Waals surface area contributed by atoms with Crippen molar-refractivity contribution in [1.29, 1.82) is 0 Å². The van der Waals surface area contributed by atoms with Crippen LogP contribution in [0.2, 0.25) is 0 Å². The third-order valence-electron chi connectivity index (χ3n) is 2.61. The van der Waals surface area contributed by atoms with E-state index in [1.54, 1.807) is 13.8 Å². The predicted octanol–water partition coefficient (Wildman–Crippen LogP) is 2.42. The second-order valence-corrected chi connectivity index (χ2v) is 5.55. The van der Waals surface area contributed by atoms with Gasteiger partial charge in [-0.2, -0.15) is 0 Å². The molecule has 1 atom stereocenters. The van der Waals surface area contributed by atoms with Crippen molar-refractivity contribution in [2.75, 3.05) is 11.6 Å². The van der Waals surface area contributed by atoms with Crippen LogP contribution in [0.25, 0.3) is 0 Å². The number of carbonyl (C=O) groups excluding carboxylic acids is 1. The number of hydrogen-bond acceptors (Lipinski definition) is 4. The number of nitrogens with one attached hydrogen (secondary N) is 1. The number of carbonyl (C=O) groups is 1. The van der Waals surface area contributed by atoms with Crippen LogP contribution in [0.5, 0.6) is 0 Å². The Balaban J connectivity index is 2.22. The molecule has 1 heterocycles. The van der Waals surface area contributed by atoms with Gasteiger partial charge in [-0.05, 0) is 25.1 Å². The van der Waals surface area contributed by atoms with Gasteiger partial charge in [0.2, 0.25) is 5.76 Å². The molecule has 2 aromatic rings. The molecule has 0 aliphatic rings. The van der Waals surface area contributed by atoms with Gasteiger partial charge in [0, 0.05) is 18.9 Å². The Bertz CT molecular complexity index is 697. The summed E-state index contributed by atoms with van der Waals surface area (Å²) >= 11 is 0. The monoisotopic (exact) mass is 296 g/mol. The highest BCUT2D eigenvalue weighted by molar-refractivity contribution is 7.84. The first kappa shape index (κ1) is 14.4. The van der Waals surface area contributed by atoms with E-state index < -0.39 is 22.5 Å². The van der Waals surface area contributed by atoms with Crippen molar-refractivity contribution in [2.24, 2.45) is 0 Å². The zero-order chi connectivity index (χ0) is 14.9. The number of rotatable bonds is 3. The minimum Gasteiger partial charge on any atom is -0.436 e. The molecule has 106 valence electrons. The quantitative estimate of drug-likeness (QED) is 0.944. The lowest BCUT2D eigenvalue weighted by Gasteiger charge is -2.05. The fourth-order valence-corrected chi connectivity index (χ4v) is 2.33. The Labute approximate surface area is 117 Å². The largest absolute Gasteiger partial charge is 0.436 e. The zero-order valence-electron chi connectivity index (χ0n) is 11.2. The molecule has 20 heavy (non-hydrogen) atoms. The molecule has 1 amide bonds. The Kier molecular flexibility index (Phi) is 3.99. The van der Waals surface area contributed by atoms with Crippen LogP contribution in [0.1, 0.15) is 22.1 Å². The fraction of sp³-hybridized carbons (Fsp3) is 0.231. The molecule has 7 heteroatoms. The van der Waals surface area contributed by atoms with E-state index >= 15 is 0 Å². The normalized spacial score (nSPS) is 12.2. The molecule has 0 saturated carbocycles. The number of anilines is 1. The molecule has 5 nitrogen and oxygen atoms in total. The maximum atomic E-state index is 13.7. The third-order valence-corrected chi connectivity index (χ3v) is 3.56. The molecule has 1 aromatic carbocycles. The smallest absolute Gasteiger partial charge is 0.293 e. The highest BCUT2D eigenvalue weighted by Crippen LogP contribution is 2.18. The van der Waals surface area contributed by atoms with E-state index in [-0.39, 0.29) is 16.3 Å². The number of halogens is 1. The van der Waals surface area contributed by atoms with Crippen LogP contribution in [0.15, 0.2) is 27.5 Å². The molecule has 0 bridgehead atoms. The number of amides is 1. The van der Waals surface area contributed by atoms with Crippen LogP contribution in [-0.2, 0) is 10.8 Å². The maximum absolute atomic E-state index is 13.7. The lowest BCUT2D eigenvalue weighted by Crippen LogP contribution is -2.12. The van der Waals surface area contributed by atoms with Gasteiger partial charge in [0.05, 0.1) is 21.4 Å². The predicted molar refractivity (Wildman–Crippen MR) is 72.7 cm³/mol. The summed E-state index contributed by atoms with van der Waals surface area (Å²) in [5.41, 5.74) is 0.724. The number of hydrogen-bond donors (Lipinski definition) is 1. The van der Waals surface area contributed by atoms with Crippen molar-refractivity contribution in [3.8, 4) is 0 Å². The van der Waals surface area contributed by atoms with Crippen molar-refractivity contribution in [3.63, 3.8) is 0 Å². The van der Waals surface area contributed by atoms with Crippen LogP contribution in [-0.4, -0.2) is 21.4 Å². The highest BCUT2D eigenvalue weighted by atomic mass is 32.2. The zero-order valence-corrected chi connectivity index (χ0v) is 12.0. The second-order valence-electron chi connectivity index (χ2n) is 4.20. The molecule has 0 saturated heterocycles. The van der Waals surface area contributed by atoms with E-state index in [2.05, 4.69) is 10.3 Å². The number of oxazole rings is 1.